The summed E-state index contributed by atoms with van der Waals surface area (Å²) in [5.74, 6) is -2.08. The van der Waals surface area contributed by atoms with Crippen LogP contribution in [-0.4, -0.2) is 28.6 Å². The Balaban J connectivity index is 3.06. The molecule has 0 aliphatic heterocycles. The third-order valence-electron chi connectivity index (χ3n) is 2.86. The molecule has 0 unspecified atom stereocenters. The van der Waals surface area contributed by atoms with E-state index in [9.17, 15) is 19.7 Å². The van der Waals surface area contributed by atoms with Crippen molar-refractivity contribution in [3.8, 4) is 0 Å². The standard InChI is InChI=1S/C13H15NO6/c1-3-8(2)7-20-13(17)11-6-9(14(18)19)4-5-10(11)12(15)16/h4-6,8H,3,7H2,1-2H3,(H,15,16)/t8-/m1/s1. The molecule has 1 rings (SSSR count). The Morgan fingerprint density at radius 3 is 2.55 bits per heavy atom. The van der Waals surface area contributed by atoms with Crippen LogP contribution in [0.25, 0.3) is 0 Å². The van der Waals surface area contributed by atoms with Crippen molar-refractivity contribution in [3.05, 3.63) is 39.4 Å². The van der Waals surface area contributed by atoms with Gasteiger partial charge in [0.25, 0.3) is 5.69 Å². The van der Waals surface area contributed by atoms with Crippen molar-refractivity contribution in [3.63, 3.8) is 0 Å². The van der Waals surface area contributed by atoms with Crippen LogP contribution in [-0.2, 0) is 4.74 Å². The van der Waals surface area contributed by atoms with Gasteiger partial charge in [-0.15, -0.1) is 0 Å². The molecule has 0 aromatic heterocycles. The third kappa shape index (κ3) is 3.78. The molecule has 0 saturated carbocycles. The molecule has 0 spiro atoms. The summed E-state index contributed by atoms with van der Waals surface area (Å²) in [5, 5.41) is 19.7. The number of aromatic carboxylic acids is 1. The van der Waals surface area contributed by atoms with Crippen molar-refractivity contribution >= 4 is 17.6 Å². The van der Waals surface area contributed by atoms with Gasteiger partial charge in [0.1, 0.15) is 0 Å². The molecular formula is C13H15NO6. The number of hydrogen-bond acceptors (Lipinski definition) is 5. The van der Waals surface area contributed by atoms with Gasteiger partial charge in [-0.05, 0) is 12.0 Å². The minimum Gasteiger partial charge on any atom is -0.478 e. The molecule has 0 radical (unpaired) electrons. The molecule has 0 heterocycles. The van der Waals surface area contributed by atoms with Gasteiger partial charge in [0, 0.05) is 12.1 Å². The van der Waals surface area contributed by atoms with Gasteiger partial charge in [0.2, 0.25) is 0 Å². The van der Waals surface area contributed by atoms with Crippen molar-refractivity contribution in [2.75, 3.05) is 6.61 Å². The van der Waals surface area contributed by atoms with Crippen LogP contribution in [0.4, 0.5) is 5.69 Å². The summed E-state index contributed by atoms with van der Waals surface area (Å²) in [6.45, 7) is 3.93. The lowest BCUT2D eigenvalue weighted by molar-refractivity contribution is -0.384. The summed E-state index contributed by atoms with van der Waals surface area (Å²) in [6.07, 6.45) is 0.800. The number of carbonyl (C=O) groups excluding carboxylic acids is 1. The normalized spacial score (nSPS) is 11.7. The zero-order chi connectivity index (χ0) is 15.3. The Hall–Kier alpha value is -2.44. The maximum atomic E-state index is 11.9. The van der Waals surface area contributed by atoms with Crippen LogP contribution in [0.5, 0.6) is 0 Å². The van der Waals surface area contributed by atoms with E-state index >= 15 is 0 Å². The number of non-ortho nitro benzene ring substituents is 1. The van der Waals surface area contributed by atoms with Crippen LogP contribution in [0.1, 0.15) is 41.0 Å². The molecule has 1 atom stereocenters. The van der Waals surface area contributed by atoms with Gasteiger partial charge in [-0.1, -0.05) is 20.3 Å². The molecule has 0 amide bonds. The average molecular weight is 281 g/mol. The molecule has 1 aromatic carbocycles. The fourth-order valence-electron chi connectivity index (χ4n) is 1.41. The minimum absolute atomic E-state index is 0.130. The molecule has 108 valence electrons. The highest BCUT2D eigenvalue weighted by atomic mass is 16.6. The summed E-state index contributed by atoms with van der Waals surface area (Å²) < 4.78 is 4.98. The van der Waals surface area contributed by atoms with E-state index in [-0.39, 0.29) is 29.3 Å². The Labute approximate surface area is 115 Å². The fraction of sp³-hybridized carbons (Fsp3) is 0.385. The SMILES string of the molecule is CC[C@@H](C)COC(=O)c1cc([N+](=O)[O-])ccc1C(=O)O. The summed E-state index contributed by atoms with van der Waals surface area (Å²) in [6, 6.07) is 2.98. The first-order valence-electron chi connectivity index (χ1n) is 6.05. The van der Waals surface area contributed by atoms with Crippen molar-refractivity contribution < 1.29 is 24.4 Å². The highest BCUT2D eigenvalue weighted by molar-refractivity contribution is 6.03. The largest absolute Gasteiger partial charge is 0.478 e. The molecule has 0 bridgehead atoms. The molecule has 20 heavy (non-hydrogen) atoms. The maximum absolute atomic E-state index is 11.9. The smallest absolute Gasteiger partial charge is 0.339 e. The monoisotopic (exact) mass is 281 g/mol. The highest BCUT2D eigenvalue weighted by Crippen LogP contribution is 2.19. The van der Waals surface area contributed by atoms with E-state index in [1.165, 1.54) is 0 Å². The maximum Gasteiger partial charge on any atom is 0.339 e. The predicted octanol–water partition coefficient (Wildman–Crippen LogP) is 2.50. The summed E-state index contributed by atoms with van der Waals surface area (Å²) in [5.41, 5.74) is -0.981. The molecule has 7 nitrogen and oxygen atoms in total. The average Bonchev–Trinajstić information content (AvgIpc) is 2.43. The van der Waals surface area contributed by atoms with E-state index < -0.39 is 16.9 Å². The molecule has 0 saturated heterocycles. The number of nitrogens with zero attached hydrogens (tertiary/aromatic N) is 1. The summed E-state index contributed by atoms with van der Waals surface area (Å²) in [4.78, 5) is 32.9. The van der Waals surface area contributed by atoms with Crippen molar-refractivity contribution in [2.24, 2.45) is 5.92 Å². The summed E-state index contributed by atoms with van der Waals surface area (Å²) in [7, 11) is 0. The third-order valence-corrected chi connectivity index (χ3v) is 2.86. The minimum atomic E-state index is -1.34. The number of benzene rings is 1. The van der Waals surface area contributed by atoms with Crippen LogP contribution < -0.4 is 0 Å². The zero-order valence-corrected chi connectivity index (χ0v) is 11.2. The molecule has 0 fully saturated rings. The molecule has 0 aliphatic rings. The van der Waals surface area contributed by atoms with Crippen molar-refractivity contribution in [1.29, 1.82) is 0 Å². The van der Waals surface area contributed by atoms with E-state index in [4.69, 9.17) is 9.84 Å². The first-order valence-corrected chi connectivity index (χ1v) is 6.05. The molecular weight excluding hydrogens is 266 g/mol. The van der Waals surface area contributed by atoms with Gasteiger partial charge in [-0.3, -0.25) is 10.1 Å². The fourth-order valence-corrected chi connectivity index (χ4v) is 1.41. The first-order chi connectivity index (χ1) is 9.36. The highest BCUT2D eigenvalue weighted by Gasteiger charge is 2.22. The van der Waals surface area contributed by atoms with E-state index in [1.807, 2.05) is 13.8 Å². The number of nitro benzene ring substituents is 1. The van der Waals surface area contributed by atoms with Gasteiger partial charge in [-0.25, -0.2) is 9.59 Å². The van der Waals surface area contributed by atoms with Crippen LogP contribution in [0.3, 0.4) is 0 Å². The first kappa shape index (κ1) is 15.6. The lowest BCUT2D eigenvalue weighted by atomic mass is 10.1. The second-order valence-electron chi connectivity index (χ2n) is 4.40. The van der Waals surface area contributed by atoms with Gasteiger partial charge in [0.05, 0.1) is 22.7 Å². The number of ether oxygens (including phenoxy) is 1. The quantitative estimate of drug-likeness (QED) is 0.487. The van der Waals surface area contributed by atoms with Gasteiger partial charge in [0.15, 0.2) is 0 Å². The van der Waals surface area contributed by atoms with Crippen LogP contribution in [0, 0.1) is 16.0 Å². The number of rotatable bonds is 6. The number of esters is 1. The van der Waals surface area contributed by atoms with Crippen molar-refractivity contribution in [2.45, 2.75) is 20.3 Å². The van der Waals surface area contributed by atoms with Crippen LogP contribution >= 0.6 is 0 Å². The van der Waals surface area contributed by atoms with E-state index in [0.717, 1.165) is 24.6 Å². The van der Waals surface area contributed by atoms with E-state index in [2.05, 4.69) is 0 Å². The Morgan fingerprint density at radius 2 is 2.05 bits per heavy atom. The Morgan fingerprint density at radius 1 is 1.40 bits per heavy atom. The van der Waals surface area contributed by atoms with Crippen LogP contribution in [0.15, 0.2) is 18.2 Å². The number of carbonyl (C=O) groups is 2. The Kier molecular flexibility index (Phi) is 5.19. The second-order valence-corrected chi connectivity index (χ2v) is 4.40. The van der Waals surface area contributed by atoms with E-state index in [1.54, 1.807) is 0 Å². The topological polar surface area (TPSA) is 107 Å². The number of hydrogen-bond donors (Lipinski definition) is 1. The lowest BCUT2D eigenvalue weighted by Crippen LogP contribution is -2.15. The lowest BCUT2D eigenvalue weighted by Gasteiger charge is -2.10. The molecule has 1 N–H and O–H groups in total. The Bertz CT molecular complexity index is 540. The second kappa shape index (κ2) is 6.65. The molecule has 7 heteroatoms. The molecule has 0 aliphatic carbocycles. The zero-order valence-electron chi connectivity index (χ0n) is 11.2. The number of carboxylic acids is 1. The number of carboxylic acid groups (broad SMARTS) is 1. The van der Waals surface area contributed by atoms with Gasteiger partial charge >= 0.3 is 11.9 Å². The summed E-state index contributed by atoms with van der Waals surface area (Å²) >= 11 is 0. The van der Waals surface area contributed by atoms with E-state index in [0.29, 0.717) is 0 Å². The molecule has 1 aromatic rings. The van der Waals surface area contributed by atoms with Gasteiger partial charge < -0.3 is 9.84 Å². The van der Waals surface area contributed by atoms with Crippen molar-refractivity contribution in [1.82, 2.24) is 0 Å². The predicted molar refractivity (Wildman–Crippen MR) is 69.8 cm³/mol. The van der Waals surface area contributed by atoms with Crippen LogP contribution in [0.2, 0.25) is 0 Å². The van der Waals surface area contributed by atoms with Gasteiger partial charge in [-0.2, -0.15) is 0 Å². The number of nitro groups is 1.